The first kappa shape index (κ1) is 24.2. The number of anilines is 3. The zero-order chi connectivity index (χ0) is 24.8. The first-order valence-corrected chi connectivity index (χ1v) is 10.3. The van der Waals surface area contributed by atoms with Crippen molar-refractivity contribution in [3.8, 4) is 17.2 Å². The van der Waals surface area contributed by atoms with E-state index in [1.807, 2.05) is 6.92 Å². The summed E-state index contributed by atoms with van der Waals surface area (Å²) in [6, 6.07) is 4.89. The fourth-order valence-corrected chi connectivity index (χ4v) is 3.24. The van der Waals surface area contributed by atoms with Crippen LogP contribution in [0.4, 0.5) is 17.5 Å². The Kier molecular flexibility index (Phi) is 7.41. The van der Waals surface area contributed by atoms with Crippen LogP contribution in [0, 0.1) is 12.3 Å². The van der Waals surface area contributed by atoms with Crippen LogP contribution in [0.3, 0.4) is 0 Å². The zero-order valence-corrected chi connectivity index (χ0v) is 19.4. The Morgan fingerprint density at radius 1 is 1.32 bits per heavy atom. The van der Waals surface area contributed by atoms with Gasteiger partial charge in [-0.05, 0) is 26.0 Å². The first-order valence-electron chi connectivity index (χ1n) is 10.3. The lowest BCUT2D eigenvalue weighted by Gasteiger charge is -2.19. The van der Waals surface area contributed by atoms with Gasteiger partial charge in [0.1, 0.15) is 5.56 Å². The van der Waals surface area contributed by atoms with Crippen LogP contribution < -0.4 is 20.7 Å². The molecule has 3 aromatic rings. The lowest BCUT2D eigenvalue weighted by molar-refractivity contribution is 0.0697. The molecule has 0 aliphatic rings. The van der Waals surface area contributed by atoms with E-state index in [4.69, 9.17) is 14.6 Å². The van der Waals surface area contributed by atoms with Crippen LogP contribution in [0.15, 0.2) is 40.6 Å². The molecule has 1 atom stereocenters. The van der Waals surface area contributed by atoms with Crippen LogP contribution in [0.2, 0.25) is 0 Å². The number of aryl methyl sites for hydroxylation is 1. The minimum Gasteiger partial charge on any atom is -0.494 e. The van der Waals surface area contributed by atoms with Gasteiger partial charge >= 0.3 is 5.97 Å². The molecule has 0 bridgehead atoms. The van der Waals surface area contributed by atoms with Crippen molar-refractivity contribution in [1.29, 1.82) is 5.41 Å². The molecular formula is C22H26N8O4. The number of carboxylic acids is 1. The first-order chi connectivity index (χ1) is 16.2. The molecule has 5 N–H and O–H groups in total. The maximum atomic E-state index is 11.8. The minimum atomic E-state index is -1.20. The van der Waals surface area contributed by atoms with E-state index in [1.54, 1.807) is 45.3 Å². The molecule has 0 saturated carbocycles. The Labute approximate surface area is 196 Å². The Hall–Kier alpha value is -4.48. The van der Waals surface area contributed by atoms with Crippen molar-refractivity contribution in [3.05, 3.63) is 47.6 Å². The predicted molar refractivity (Wildman–Crippen MR) is 127 cm³/mol. The number of para-hydroxylation sites is 1. The van der Waals surface area contributed by atoms with Gasteiger partial charge in [-0.1, -0.05) is 6.07 Å². The summed E-state index contributed by atoms with van der Waals surface area (Å²) in [7, 11) is 3.22. The summed E-state index contributed by atoms with van der Waals surface area (Å²) in [6.07, 6.45) is 2.92. The second-order valence-electron chi connectivity index (χ2n) is 7.28. The number of nitrogens with zero attached hydrogens (tertiary/aromatic N) is 4. The number of ether oxygens (including phenoxy) is 1. The average molecular weight is 467 g/mol. The predicted octanol–water partition coefficient (Wildman–Crippen LogP) is 3.23. The number of carboxylic acid groups (broad SMARTS) is 1. The summed E-state index contributed by atoms with van der Waals surface area (Å²) >= 11 is 0. The SMILES string of the molecule is CN/C=C(\C(C)=N)C(C)Nc1ncc(C(=O)O)c(Nc2cccc(-c3nnc(C)o3)c2OC)n1. The van der Waals surface area contributed by atoms with Gasteiger partial charge < -0.3 is 35.6 Å². The molecule has 0 radical (unpaired) electrons. The largest absolute Gasteiger partial charge is 0.494 e. The fourth-order valence-electron chi connectivity index (χ4n) is 3.24. The molecule has 3 rings (SSSR count). The summed E-state index contributed by atoms with van der Waals surface area (Å²) in [4.78, 5) is 20.3. The number of carbonyl (C=O) groups is 1. The van der Waals surface area contributed by atoms with E-state index in [1.165, 1.54) is 13.3 Å². The van der Waals surface area contributed by atoms with Crippen LogP contribution in [-0.4, -0.2) is 57.2 Å². The number of hydrogen-bond acceptors (Lipinski definition) is 11. The molecule has 1 unspecified atom stereocenters. The van der Waals surface area contributed by atoms with Crippen molar-refractivity contribution < 1.29 is 19.1 Å². The number of methoxy groups -OCH3 is 1. The third kappa shape index (κ3) is 5.28. The van der Waals surface area contributed by atoms with Crippen LogP contribution in [0.25, 0.3) is 11.5 Å². The van der Waals surface area contributed by atoms with Gasteiger partial charge in [0, 0.05) is 37.7 Å². The van der Waals surface area contributed by atoms with Gasteiger partial charge in [-0.15, -0.1) is 10.2 Å². The minimum absolute atomic E-state index is 0.0556. The van der Waals surface area contributed by atoms with Gasteiger partial charge in [0.25, 0.3) is 5.89 Å². The van der Waals surface area contributed by atoms with Gasteiger partial charge in [-0.25, -0.2) is 9.78 Å². The monoisotopic (exact) mass is 466 g/mol. The van der Waals surface area contributed by atoms with Gasteiger partial charge in [-0.3, -0.25) is 0 Å². The van der Waals surface area contributed by atoms with Crippen LogP contribution in [0.5, 0.6) is 5.75 Å². The van der Waals surface area contributed by atoms with Gasteiger partial charge in [0.2, 0.25) is 11.8 Å². The van der Waals surface area contributed by atoms with Crippen LogP contribution >= 0.6 is 0 Å². The summed E-state index contributed by atoms with van der Waals surface area (Å²) in [5, 5.41) is 34.5. The van der Waals surface area contributed by atoms with Crippen molar-refractivity contribution in [2.24, 2.45) is 0 Å². The van der Waals surface area contributed by atoms with Gasteiger partial charge in [0.05, 0.1) is 24.4 Å². The maximum absolute atomic E-state index is 11.8. The molecule has 0 aliphatic heterocycles. The molecule has 2 heterocycles. The number of rotatable bonds is 10. The van der Waals surface area contributed by atoms with E-state index in [9.17, 15) is 9.90 Å². The number of benzene rings is 1. The van der Waals surface area contributed by atoms with E-state index >= 15 is 0 Å². The molecule has 0 fully saturated rings. The van der Waals surface area contributed by atoms with Crippen molar-refractivity contribution in [1.82, 2.24) is 25.5 Å². The average Bonchev–Trinajstić information content (AvgIpc) is 3.23. The number of nitrogens with one attached hydrogen (secondary N) is 4. The Morgan fingerprint density at radius 3 is 2.68 bits per heavy atom. The highest BCUT2D eigenvalue weighted by molar-refractivity contribution is 5.97. The Balaban J connectivity index is 1.99. The van der Waals surface area contributed by atoms with E-state index in [0.717, 1.165) is 0 Å². The molecule has 0 aliphatic carbocycles. The zero-order valence-electron chi connectivity index (χ0n) is 19.4. The summed E-state index contributed by atoms with van der Waals surface area (Å²) in [5.74, 6) is 0.0849. The summed E-state index contributed by atoms with van der Waals surface area (Å²) in [6.45, 7) is 5.20. The van der Waals surface area contributed by atoms with Crippen molar-refractivity contribution in [3.63, 3.8) is 0 Å². The van der Waals surface area contributed by atoms with Crippen LogP contribution in [0.1, 0.15) is 30.1 Å². The number of aromatic nitrogens is 4. The standard InChI is InChI=1S/C22H26N8O4/c1-11(23)15(9-24-4)12(2)26-22-25-10-16(21(31)32)19(28-22)27-17-8-6-7-14(18(17)33-5)20-30-29-13(3)34-20/h6-10,12,23-24H,1-5H3,(H,31,32)(H2,25,26,27,28)/b15-9+,23-11?. The van der Waals surface area contributed by atoms with E-state index in [0.29, 0.717) is 34.2 Å². The van der Waals surface area contributed by atoms with Crippen molar-refractivity contribution in [2.75, 3.05) is 24.8 Å². The van der Waals surface area contributed by atoms with Crippen LogP contribution in [-0.2, 0) is 0 Å². The molecule has 0 spiro atoms. The van der Waals surface area contributed by atoms with E-state index in [2.05, 4.69) is 36.1 Å². The molecule has 12 nitrogen and oxygen atoms in total. The van der Waals surface area contributed by atoms with Gasteiger partial charge in [0.15, 0.2) is 11.6 Å². The smallest absolute Gasteiger partial charge is 0.341 e. The third-order valence-corrected chi connectivity index (χ3v) is 4.79. The molecule has 1 aromatic carbocycles. The normalized spacial score (nSPS) is 12.1. The summed E-state index contributed by atoms with van der Waals surface area (Å²) in [5.41, 5.74) is 1.92. The third-order valence-electron chi connectivity index (χ3n) is 4.79. The quantitative estimate of drug-likeness (QED) is 0.278. The van der Waals surface area contributed by atoms with Crippen molar-refractivity contribution in [2.45, 2.75) is 26.8 Å². The van der Waals surface area contributed by atoms with E-state index in [-0.39, 0.29) is 29.3 Å². The lowest BCUT2D eigenvalue weighted by Crippen LogP contribution is -2.25. The van der Waals surface area contributed by atoms with E-state index < -0.39 is 5.97 Å². The topological polar surface area (TPSA) is 171 Å². The molecule has 0 amide bonds. The second kappa shape index (κ2) is 10.4. The van der Waals surface area contributed by atoms with Crippen molar-refractivity contribution >= 4 is 29.1 Å². The summed E-state index contributed by atoms with van der Waals surface area (Å²) < 4.78 is 11.1. The highest BCUT2D eigenvalue weighted by Gasteiger charge is 2.20. The number of aromatic carboxylic acids is 1. The lowest BCUT2D eigenvalue weighted by atomic mass is 10.1. The molecule has 12 heteroatoms. The Morgan fingerprint density at radius 2 is 2.09 bits per heavy atom. The molecular weight excluding hydrogens is 440 g/mol. The maximum Gasteiger partial charge on any atom is 0.341 e. The number of hydrogen-bond donors (Lipinski definition) is 5. The molecule has 2 aromatic heterocycles. The highest BCUT2D eigenvalue weighted by Crippen LogP contribution is 2.37. The second-order valence-corrected chi connectivity index (χ2v) is 7.28. The Bertz CT molecular complexity index is 1240. The fraction of sp³-hybridized carbons (Fsp3) is 0.273. The molecule has 34 heavy (non-hydrogen) atoms. The van der Waals surface area contributed by atoms with Gasteiger partial charge in [-0.2, -0.15) is 4.98 Å². The molecule has 0 saturated heterocycles. The molecule has 178 valence electrons. The highest BCUT2D eigenvalue weighted by atomic mass is 16.5.